The first-order valence-electron chi connectivity index (χ1n) is 6.81. The van der Waals surface area contributed by atoms with E-state index in [4.69, 9.17) is 4.74 Å². The number of hydrogen-bond acceptors (Lipinski definition) is 2. The van der Waals surface area contributed by atoms with Crippen LogP contribution in [0.25, 0.3) is 0 Å². The summed E-state index contributed by atoms with van der Waals surface area (Å²) in [5, 5.41) is 2.92. The second-order valence-electron chi connectivity index (χ2n) is 4.98. The van der Waals surface area contributed by atoms with Crippen LogP contribution in [0.5, 0.6) is 5.75 Å². The number of rotatable bonds is 5. The largest absolute Gasteiger partial charge is 0.491 e. The third-order valence-electron chi connectivity index (χ3n) is 3.02. The lowest BCUT2D eigenvalue weighted by molar-refractivity contribution is 0.0926. The van der Waals surface area contributed by atoms with E-state index in [1.807, 2.05) is 56.3 Å². The Morgan fingerprint density at radius 3 is 2.52 bits per heavy atom. The van der Waals surface area contributed by atoms with Gasteiger partial charge < -0.3 is 10.1 Å². The molecule has 21 heavy (non-hydrogen) atoms. The molecule has 0 saturated carbocycles. The third-order valence-corrected chi connectivity index (χ3v) is 3.71. The molecule has 0 radical (unpaired) electrons. The van der Waals surface area contributed by atoms with Gasteiger partial charge in [0.15, 0.2) is 0 Å². The molecule has 1 atom stereocenters. The lowest BCUT2D eigenvalue weighted by atomic mass is 10.2. The smallest absolute Gasteiger partial charge is 0.252 e. The summed E-state index contributed by atoms with van der Waals surface area (Å²) < 4.78 is 6.45. The molecule has 3 nitrogen and oxygen atoms in total. The Morgan fingerprint density at radius 2 is 1.86 bits per heavy atom. The molecule has 0 aliphatic rings. The molecule has 0 aliphatic carbocycles. The van der Waals surface area contributed by atoms with Crippen LogP contribution in [0.1, 0.15) is 22.8 Å². The number of hydrogen-bond donors (Lipinski definition) is 1. The molecule has 0 saturated heterocycles. The van der Waals surface area contributed by atoms with Gasteiger partial charge in [-0.2, -0.15) is 0 Å². The maximum Gasteiger partial charge on any atom is 0.252 e. The summed E-state index contributed by atoms with van der Waals surface area (Å²) >= 11 is 3.38. The lowest BCUT2D eigenvalue weighted by Gasteiger charge is -2.15. The van der Waals surface area contributed by atoms with Crippen LogP contribution in [0.15, 0.2) is 53.0 Å². The topological polar surface area (TPSA) is 38.3 Å². The molecule has 1 unspecified atom stereocenters. The minimum Gasteiger partial charge on any atom is -0.491 e. The van der Waals surface area contributed by atoms with Crippen molar-refractivity contribution >= 4 is 21.8 Å². The van der Waals surface area contributed by atoms with Crippen molar-refractivity contribution in [3.8, 4) is 5.75 Å². The fourth-order valence-electron chi connectivity index (χ4n) is 1.84. The number of aryl methyl sites for hydroxylation is 1. The van der Waals surface area contributed by atoms with E-state index < -0.39 is 0 Å². The average Bonchev–Trinajstić information content (AvgIpc) is 2.47. The zero-order valence-electron chi connectivity index (χ0n) is 12.1. The van der Waals surface area contributed by atoms with Crippen LogP contribution in [0.4, 0.5) is 0 Å². The lowest BCUT2D eigenvalue weighted by Crippen LogP contribution is -2.36. The number of ether oxygens (including phenoxy) is 1. The summed E-state index contributed by atoms with van der Waals surface area (Å²) in [5.41, 5.74) is 1.82. The fraction of sp³-hybridized carbons (Fsp3) is 0.235. The molecule has 2 aromatic carbocycles. The molecule has 1 N–H and O–H groups in total. The van der Waals surface area contributed by atoms with Gasteiger partial charge in [0.05, 0.1) is 11.6 Å². The van der Waals surface area contributed by atoms with E-state index >= 15 is 0 Å². The molecule has 2 aromatic rings. The molecule has 4 heteroatoms. The van der Waals surface area contributed by atoms with Gasteiger partial charge in [-0.3, -0.25) is 4.79 Å². The first-order valence-corrected chi connectivity index (χ1v) is 7.60. The Labute approximate surface area is 133 Å². The summed E-state index contributed by atoms with van der Waals surface area (Å²) in [4.78, 5) is 12.1. The van der Waals surface area contributed by atoms with Crippen molar-refractivity contribution < 1.29 is 9.53 Å². The SMILES string of the molecule is Cc1ccc(OCC(C)NC(=O)c2ccccc2Br)cc1. The van der Waals surface area contributed by atoms with Crippen LogP contribution in [-0.2, 0) is 0 Å². The van der Waals surface area contributed by atoms with Gasteiger partial charge in [-0.15, -0.1) is 0 Å². The maximum atomic E-state index is 12.1. The van der Waals surface area contributed by atoms with Crippen molar-refractivity contribution in [3.05, 3.63) is 64.1 Å². The van der Waals surface area contributed by atoms with Gasteiger partial charge in [-0.1, -0.05) is 29.8 Å². The number of nitrogens with one attached hydrogen (secondary N) is 1. The van der Waals surface area contributed by atoms with E-state index in [1.165, 1.54) is 5.56 Å². The molecule has 1 amide bonds. The maximum absolute atomic E-state index is 12.1. The van der Waals surface area contributed by atoms with Gasteiger partial charge in [-0.05, 0) is 54.0 Å². The van der Waals surface area contributed by atoms with Crippen LogP contribution >= 0.6 is 15.9 Å². The van der Waals surface area contributed by atoms with Crippen molar-refractivity contribution in [1.82, 2.24) is 5.32 Å². The predicted molar refractivity (Wildman–Crippen MR) is 87.7 cm³/mol. The molecular weight excluding hydrogens is 330 g/mol. The standard InChI is InChI=1S/C17H18BrNO2/c1-12-7-9-14(10-8-12)21-11-13(2)19-17(20)15-5-3-4-6-16(15)18/h3-10,13H,11H2,1-2H3,(H,19,20). The summed E-state index contributed by atoms with van der Waals surface area (Å²) in [7, 11) is 0. The van der Waals surface area contributed by atoms with Crippen molar-refractivity contribution in [2.24, 2.45) is 0 Å². The molecule has 0 aliphatic heterocycles. The zero-order chi connectivity index (χ0) is 15.2. The second kappa shape index (κ2) is 7.27. The normalized spacial score (nSPS) is 11.8. The fourth-order valence-corrected chi connectivity index (χ4v) is 2.31. The van der Waals surface area contributed by atoms with E-state index in [9.17, 15) is 4.79 Å². The van der Waals surface area contributed by atoms with Gasteiger partial charge in [0.2, 0.25) is 0 Å². The van der Waals surface area contributed by atoms with Crippen LogP contribution in [0.2, 0.25) is 0 Å². The zero-order valence-corrected chi connectivity index (χ0v) is 13.7. The predicted octanol–water partition coefficient (Wildman–Crippen LogP) is 3.95. The summed E-state index contributed by atoms with van der Waals surface area (Å²) in [6.45, 7) is 4.38. The minimum absolute atomic E-state index is 0.0779. The summed E-state index contributed by atoms with van der Waals surface area (Å²) in [6.07, 6.45) is 0. The van der Waals surface area contributed by atoms with Gasteiger partial charge in [-0.25, -0.2) is 0 Å². The van der Waals surface area contributed by atoms with Gasteiger partial charge >= 0.3 is 0 Å². The second-order valence-corrected chi connectivity index (χ2v) is 5.83. The Balaban J connectivity index is 1.87. The molecular formula is C17H18BrNO2. The molecule has 2 rings (SSSR count). The Morgan fingerprint density at radius 1 is 1.19 bits per heavy atom. The van der Waals surface area contributed by atoms with Crippen LogP contribution in [0, 0.1) is 6.92 Å². The molecule has 0 aromatic heterocycles. The average molecular weight is 348 g/mol. The highest BCUT2D eigenvalue weighted by molar-refractivity contribution is 9.10. The monoisotopic (exact) mass is 347 g/mol. The third kappa shape index (κ3) is 4.60. The van der Waals surface area contributed by atoms with Crippen molar-refractivity contribution in [2.45, 2.75) is 19.9 Å². The van der Waals surface area contributed by atoms with Gasteiger partial charge in [0.25, 0.3) is 5.91 Å². The van der Waals surface area contributed by atoms with Gasteiger partial charge in [0, 0.05) is 4.47 Å². The number of carbonyl (C=O) groups excluding carboxylic acids is 1. The van der Waals surface area contributed by atoms with Crippen LogP contribution < -0.4 is 10.1 Å². The molecule has 0 fully saturated rings. The highest BCUT2D eigenvalue weighted by Crippen LogP contribution is 2.16. The number of benzene rings is 2. The first-order chi connectivity index (χ1) is 10.1. The number of halogens is 1. The minimum atomic E-state index is -0.109. The van der Waals surface area contributed by atoms with Crippen molar-refractivity contribution in [3.63, 3.8) is 0 Å². The van der Waals surface area contributed by atoms with Crippen molar-refractivity contribution in [1.29, 1.82) is 0 Å². The highest BCUT2D eigenvalue weighted by Gasteiger charge is 2.12. The van der Waals surface area contributed by atoms with E-state index in [1.54, 1.807) is 6.07 Å². The molecule has 0 heterocycles. The summed E-state index contributed by atoms with van der Waals surface area (Å²) in [6, 6.07) is 15.1. The highest BCUT2D eigenvalue weighted by atomic mass is 79.9. The van der Waals surface area contributed by atoms with Crippen LogP contribution in [0.3, 0.4) is 0 Å². The Bertz CT molecular complexity index is 610. The van der Waals surface area contributed by atoms with Crippen LogP contribution in [-0.4, -0.2) is 18.6 Å². The molecule has 110 valence electrons. The van der Waals surface area contributed by atoms with Crippen molar-refractivity contribution in [2.75, 3.05) is 6.61 Å². The van der Waals surface area contributed by atoms with E-state index in [0.29, 0.717) is 12.2 Å². The number of carbonyl (C=O) groups is 1. The molecule has 0 spiro atoms. The Hall–Kier alpha value is -1.81. The first kappa shape index (κ1) is 15.6. The quantitative estimate of drug-likeness (QED) is 0.888. The molecule has 0 bridgehead atoms. The van der Waals surface area contributed by atoms with E-state index in [2.05, 4.69) is 21.2 Å². The van der Waals surface area contributed by atoms with E-state index in [-0.39, 0.29) is 11.9 Å². The number of amides is 1. The van der Waals surface area contributed by atoms with E-state index in [0.717, 1.165) is 10.2 Å². The van der Waals surface area contributed by atoms with Gasteiger partial charge in [0.1, 0.15) is 12.4 Å². The summed E-state index contributed by atoms with van der Waals surface area (Å²) in [5.74, 6) is 0.699. The Kier molecular flexibility index (Phi) is 5.39.